The van der Waals surface area contributed by atoms with E-state index < -0.39 is 0 Å². The predicted molar refractivity (Wildman–Crippen MR) is 76.3 cm³/mol. The van der Waals surface area contributed by atoms with Crippen LogP contribution in [-0.2, 0) is 11.3 Å². The lowest BCUT2D eigenvalue weighted by Gasteiger charge is -2.36. The zero-order valence-electron chi connectivity index (χ0n) is 11.5. The normalized spacial score (nSPS) is 24.5. The smallest absolute Gasteiger partial charge is 0.185 e. The second-order valence-electron chi connectivity index (χ2n) is 4.88. The third-order valence-corrected chi connectivity index (χ3v) is 4.61. The molecule has 4 nitrogen and oxygen atoms in total. The van der Waals surface area contributed by atoms with E-state index in [1.807, 2.05) is 13.3 Å². The molecule has 102 valence electrons. The number of rotatable bonds is 5. The van der Waals surface area contributed by atoms with Crippen LogP contribution in [0.4, 0.5) is 5.13 Å². The van der Waals surface area contributed by atoms with Crippen molar-refractivity contribution in [1.82, 2.24) is 10.3 Å². The molecular weight excluding hydrogens is 246 g/mol. The number of thiazole rings is 1. The Balaban J connectivity index is 1.96. The molecule has 2 unspecified atom stereocenters. The van der Waals surface area contributed by atoms with Crippen LogP contribution in [0.15, 0.2) is 6.20 Å². The van der Waals surface area contributed by atoms with Crippen molar-refractivity contribution in [2.45, 2.75) is 32.9 Å². The van der Waals surface area contributed by atoms with Gasteiger partial charge in [-0.2, -0.15) is 0 Å². The van der Waals surface area contributed by atoms with Gasteiger partial charge < -0.3 is 15.0 Å². The van der Waals surface area contributed by atoms with Crippen LogP contribution in [0.2, 0.25) is 0 Å². The Bertz CT molecular complexity index is 369. The van der Waals surface area contributed by atoms with Gasteiger partial charge in [0.2, 0.25) is 0 Å². The molecule has 0 amide bonds. The number of methoxy groups -OCH3 is 1. The van der Waals surface area contributed by atoms with Crippen LogP contribution in [-0.4, -0.2) is 37.8 Å². The van der Waals surface area contributed by atoms with Crippen molar-refractivity contribution >= 4 is 16.5 Å². The molecule has 1 N–H and O–H groups in total. The maximum absolute atomic E-state index is 5.55. The number of nitrogens with zero attached hydrogens (tertiary/aromatic N) is 2. The highest BCUT2D eigenvalue weighted by molar-refractivity contribution is 7.15. The average molecular weight is 269 g/mol. The van der Waals surface area contributed by atoms with Gasteiger partial charge in [0.25, 0.3) is 0 Å². The van der Waals surface area contributed by atoms with E-state index in [1.165, 1.54) is 11.3 Å². The van der Waals surface area contributed by atoms with E-state index in [0.717, 1.165) is 31.3 Å². The standard InChI is InChI=1S/C13H23N3OS/c1-4-14-7-11-8-15-13(18-11)16-6-5-10(2)12(9-16)17-3/h8,10,12,14H,4-7,9H2,1-3H3. The van der Waals surface area contributed by atoms with Crippen molar-refractivity contribution in [1.29, 1.82) is 0 Å². The number of hydrogen-bond acceptors (Lipinski definition) is 5. The largest absolute Gasteiger partial charge is 0.379 e. The van der Waals surface area contributed by atoms with E-state index in [0.29, 0.717) is 12.0 Å². The molecule has 18 heavy (non-hydrogen) atoms. The monoisotopic (exact) mass is 269 g/mol. The van der Waals surface area contributed by atoms with E-state index in [4.69, 9.17) is 4.74 Å². The Morgan fingerprint density at radius 2 is 2.44 bits per heavy atom. The molecule has 1 aliphatic rings. The third-order valence-electron chi connectivity index (χ3n) is 3.55. The predicted octanol–water partition coefficient (Wildman–Crippen LogP) is 2.11. The van der Waals surface area contributed by atoms with Crippen molar-refractivity contribution in [3.8, 4) is 0 Å². The van der Waals surface area contributed by atoms with Crippen molar-refractivity contribution in [3.63, 3.8) is 0 Å². The molecule has 0 spiro atoms. The number of anilines is 1. The fraction of sp³-hybridized carbons (Fsp3) is 0.769. The molecule has 1 aromatic heterocycles. The summed E-state index contributed by atoms with van der Waals surface area (Å²) in [5.74, 6) is 0.646. The third kappa shape index (κ3) is 3.22. The minimum Gasteiger partial charge on any atom is -0.379 e. The van der Waals surface area contributed by atoms with Crippen LogP contribution >= 0.6 is 11.3 Å². The summed E-state index contributed by atoms with van der Waals surface area (Å²) in [6.07, 6.45) is 3.50. The van der Waals surface area contributed by atoms with Crippen LogP contribution in [0.1, 0.15) is 25.1 Å². The van der Waals surface area contributed by atoms with Crippen LogP contribution in [0.5, 0.6) is 0 Å². The lowest BCUT2D eigenvalue weighted by atomic mass is 9.96. The SMILES string of the molecule is CCNCc1cnc(N2CCC(C)C(OC)C2)s1. The number of hydrogen-bond donors (Lipinski definition) is 1. The fourth-order valence-electron chi connectivity index (χ4n) is 2.29. The molecule has 1 aromatic rings. The lowest BCUT2D eigenvalue weighted by molar-refractivity contribution is 0.0498. The Hall–Kier alpha value is -0.650. The van der Waals surface area contributed by atoms with Crippen molar-refractivity contribution in [2.24, 2.45) is 5.92 Å². The molecule has 1 fully saturated rings. The van der Waals surface area contributed by atoms with E-state index >= 15 is 0 Å². The van der Waals surface area contributed by atoms with Gasteiger partial charge in [0, 0.05) is 37.8 Å². The van der Waals surface area contributed by atoms with Gasteiger partial charge in [-0.3, -0.25) is 0 Å². The number of aromatic nitrogens is 1. The maximum atomic E-state index is 5.55. The van der Waals surface area contributed by atoms with Gasteiger partial charge in [-0.05, 0) is 18.9 Å². The summed E-state index contributed by atoms with van der Waals surface area (Å²) in [6, 6.07) is 0. The van der Waals surface area contributed by atoms with Crippen molar-refractivity contribution in [2.75, 3.05) is 31.6 Å². The van der Waals surface area contributed by atoms with Gasteiger partial charge >= 0.3 is 0 Å². The highest BCUT2D eigenvalue weighted by Gasteiger charge is 2.27. The van der Waals surface area contributed by atoms with Crippen LogP contribution < -0.4 is 10.2 Å². The molecule has 0 aliphatic carbocycles. The van der Waals surface area contributed by atoms with Crippen molar-refractivity contribution in [3.05, 3.63) is 11.1 Å². The molecule has 5 heteroatoms. The minimum atomic E-state index is 0.333. The molecule has 0 radical (unpaired) electrons. The van der Waals surface area contributed by atoms with E-state index in [1.54, 1.807) is 11.3 Å². The summed E-state index contributed by atoms with van der Waals surface area (Å²) in [5, 5.41) is 4.47. The first kappa shape index (κ1) is 13.8. The molecule has 0 bridgehead atoms. The molecule has 0 aromatic carbocycles. The molecule has 2 atom stereocenters. The molecule has 0 saturated carbocycles. The summed E-state index contributed by atoms with van der Waals surface area (Å²) in [6.45, 7) is 8.37. The molecular formula is C13H23N3OS. The van der Waals surface area contributed by atoms with Gasteiger partial charge in [0.05, 0.1) is 6.10 Å². The van der Waals surface area contributed by atoms with Crippen LogP contribution in [0, 0.1) is 5.92 Å². The molecule has 2 heterocycles. The minimum absolute atomic E-state index is 0.333. The average Bonchev–Trinajstić information content (AvgIpc) is 2.85. The summed E-state index contributed by atoms with van der Waals surface area (Å²) >= 11 is 1.79. The Morgan fingerprint density at radius 3 is 3.17 bits per heavy atom. The van der Waals surface area contributed by atoms with E-state index in [9.17, 15) is 0 Å². The first-order valence-electron chi connectivity index (χ1n) is 6.67. The second-order valence-corrected chi connectivity index (χ2v) is 5.97. The van der Waals surface area contributed by atoms with Gasteiger partial charge in [-0.1, -0.05) is 13.8 Å². The second kappa shape index (κ2) is 6.50. The van der Waals surface area contributed by atoms with Crippen molar-refractivity contribution < 1.29 is 4.74 Å². The summed E-state index contributed by atoms with van der Waals surface area (Å²) in [5.41, 5.74) is 0. The fourth-order valence-corrected chi connectivity index (χ4v) is 3.20. The Kier molecular flexibility index (Phi) is 4.97. The molecule has 2 rings (SSSR count). The summed E-state index contributed by atoms with van der Waals surface area (Å²) in [4.78, 5) is 8.20. The highest BCUT2D eigenvalue weighted by atomic mass is 32.1. The zero-order chi connectivity index (χ0) is 13.0. The Labute approximate surface area is 113 Å². The lowest BCUT2D eigenvalue weighted by Crippen LogP contribution is -2.43. The molecule has 1 aliphatic heterocycles. The zero-order valence-corrected chi connectivity index (χ0v) is 12.3. The van der Waals surface area contributed by atoms with Crippen LogP contribution in [0.25, 0.3) is 0 Å². The summed E-state index contributed by atoms with van der Waals surface area (Å²) in [7, 11) is 1.81. The van der Waals surface area contributed by atoms with Crippen LogP contribution in [0.3, 0.4) is 0 Å². The number of ether oxygens (including phenoxy) is 1. The highest BCUT2D eigenvalue weighted by Crippen LogP contribution is 2.28. The number of piperidine rings is 1. The van der Waals surface area contributed by atoms with Gasteiger partial charge in [-0.25, -0.2) is 4.98 Å². The first-order valence-corrected chi connectivity index (χ1v) is 7.49. The van der Waals surface area contributed by atoms with Gasteiger partial charge in [0.1, 0.15) is 0 Å². The first-order chi connectivity index (χ1) is 8.74. The topological polar surface area (TPSA) is 37.4 Å². The van der Waals surface area contributed by atoms with E-state index in [-0.39, 0.29) is 0 Å². The number of nitrogens with one attached hydrogen (secondary N) is 1. The molecule has 1 saturated heterocycles. The van der Waals surface area contributed by atoms with Gasteiger partial charge in [0.15, 0.2) is 5.13 Å². The van der Waals surface area contributed by atoms with E-state index in [2.05, 4.69) is 29.0 Å². The van der Waals surface area contributed by atoms with Gasteiger partial charge in [-0.15, -0.1) is 11.3 Å². The summed E-state index contributed by atoms with van der Waals surface area (Å²) < 4.78 is 5.55. The quantitative estimate of drug-likeness (QED) is 0.888. The Morgan fingerprint density at radius 1 is 1.61 bits per heavy atom. The maximum Gasteiger partial charge on any atom is 0.185 e.